The SMILES string of the molecule is COc1ccc([N+](=O)[O-])cc1S(=O)(=O)NCC1CNCCO1. The molecule has 0 saturated carbocycles. The third-order valence-corrected chi connectivity index (χ3v) is 4.60. The number of nitrogens with zero attached hydrogens (tertiary/aromatic N) is 1. The molecule has 0 bridgehead atoms. The van der Waals surface area contributed by atoms with Gasteiger partial charge in [0.25, 0.3) is 5.69 Å². The van der Waals surface area contributed by atoms with Gasteiger partial charge < -0.3 is 14.8 Å². The Balaban J connectivity index is 2.19. The molecule has 1 aliphatic heterocycles. The van der Waals surface area contributed by atoms with E-state index in [1.165, 1.54) is 19.2 Å². The molecule has 0 spiro atoms. The first kappa shape index (κ1) is 16.6. The van der Waals surface area contributed by atoms with Crippen molar-refractivity contribution in [1.29, 1.82) is 0 Å². The van der Waals surface area contributed by atoms with E-state index in [0.717, 1.165) is 12.6 Å². The van der Waals surface area contributed by atoms with E-state index < -0.39 is 14.9 Å². The van der Waals surface area contributed by atoms with Gasteiger partial charge in [-0.25, -0.2) is 13.1 Å². The second-order valence-electron chi connectivity index (χ2n) is 4.64. The number of hydrogen-bond acceptors (Lipinski definition) is 7. The number of nitro benzene ring substituents is 1. The molecule has 1 aromatic carbocycles. The largest absolute Gasteiger partial charge is 0.495 e. The van der Waals surface area contributed by atoms with E-state index >= 15 is 0 Å². The predicted molar refractivity (Wildman–Crippen MR) is 77.4 cm³/mol. The summed E-state index contributed by atoms with van der Waals surface area (Å²) in [5, 5.41) is 13.9. The van der Waals surface area contributed by atoms with Gasteiger partial charge in [0.15, 0.2) is 0 Å². The van der Waals surface area contributed by atoms with Gasteiger partial charge >= 0.3 is 0 Å². The van der Waals surface area contributed by atoms with Crippen molar-refractivity contribution in [2.24, 2.45) is 0 Å². The molecule has 2 rings (SSSR count). The van der Waals surface area contributed by atoms with E-state index in [1.54, 1.807) is 0 Å². The average molecular weight is 331 g/mol. The molecular formula is C12H17N3O6S. The van der Waals surface area contributed by atoms with Crippen molar-refractivity contribution in [2.45, 2.75) is 11.0 Å². The molecular weight excluding hydrogens is 314 g/mol. The fourth-order valence-corrected chi connectivity index (χ4v) is 3.27. The minimum absolute atomic E-state index is 0.0424. The van der Waals surface area contributed by atoms with E-state index in [0.29, 0.717) is 13.2 Å². The van der Waals surface area contributed by atoms with E-state index in [1.807, 2.05) is 0 Å². The van der Waals surface area contributed by atoms with Gasteiger partial charge in [-0.1, -0.05) is 0 Å². The molecule has 9 nitrogen and oxygen atoms in total. The smallest absolute Gasteiger partial charge is 0.271 e. The molecule has 1 aromatic rings. The van der Waals surface area contributed by atoms with E-state index in [2.05, 4.69) is 10.0 Å². The molecule has 1 saturated heterocycles. The Morgan fingerprint density at radius 1 is 1.55 bits per heavy atom. The highest BCUT2D eigenvalue weighted by atomic mass is 32.2. The van der Waals surface area contributed by atoms with Crippen molar-refractivity contribution in [3.05, 3.63) is 28.3 Å². The first-order valence-corrected chi connectivity index (χ1v) is 8.07. The Labute approximate surface area is 127 Å². The van der Waals surface area contributed by atoms with Gasteiger partial charge in [0.05, 0.1) is 24.7 Å². The maximum absolute atomic E-state index is 12.3. The van der Waals surface area contributed by atoms with Crippen LogP contribution in [0.5, 0.6) is 5.75 Å². The molecule has 1 aliphatic rings. The molecule has 0 aromatic heterocycles. The van der Waals surface area contributed by atoms with Crippen molar-refractivity contribution in [1.82, 2.24) is 10.0 Å². The number of benzene rings is 1. The zero-order valence-corrected chi connectivity index (χ0v) is 12.8. The van der Waals surface area contributed by atoms with Crippen LogP contribution in [0, 0.1) is 10.1 Å². The summed E-state index contributed by atoms with van der Waals surface area (Å²) in [5.41, 5.74) is -0.322. The van der Waals surface area contributed by atoms with E-state index in [9.17, 15) is 18.5 Å². The maximum atomic E-state index is 12.3. The van der Waals surface area contributed by atoms with Gasteiger partial charge in [-0.2, -0.15) is 0 Å². The summed E-state index contributed by atoms with van der Waals surface area (Å²) in [4.78, 5) is 9.88. The minimum atomic E-state index is -3.95. The molecule has 1 fully saturated rings. The van der Waals surface area contributed by atoms with Crippen LogP contribution in [0.15, 0.2) is 23.1 Å². The molecule has 0 radical (unpaired) electrons. The van der Waals surface area contributed by atoms with Crippen LogP contribution in [0.25, 0.3) is 0 Å². The molecule has 22 heavy (non-hydrogen) atoms. The molecule has 0 amide bonds. The summed E-state index contributed by atoms with van der Waals surface area (Å²) in [6.07, 6.45) is -0.284. The average Bonchev–Trinajstić information content (AvgIpc) is 2.53. The fourth-order valence-electron chi connectivity index (χ4n) is 2.02. The second kappa shape index (κ2) is 7.01. The maximum Gasteiger partial charge on any atom is 0.271 e. The lowest BCUT2D eigenvalue weighted by Crippen LogP contribution is -2.45. The van der Waals surface area contributed by atoms with Crippen molar-refractivity contribution in [3.8, 4) is 5.75 Å². The van der Waals surface area contributed by atoms with Crippen LogP contribution in [0.2, 0.25) is 0 Å². The summed E-state index contributed by atoms with van der Waals surface area (Å²) in [5.74, 6) is 0.0424. The van der Waals surface area contributed by atoms with Crippen LogP contribution in [-0.2, 0) is 14.8 Å². The summed E-state index contributed by atoms with van der Waals surface area (Å²) < 4.78 is 37.4. The van der Waals surface area contributed by atoms with Crippen molar-refractivity contribution in [3.63, 3.8) is 0 Å². The number of non-ortho nitro benzene ring substituents is 1. The predicted octanol–water partition coefficient (Wildman–Crippen LogP) is -0.130. The van der Waals surface area contributed by atoms with Crippen molar-refractivity contribution in [2.75, 3.05) is 33.4 Å². The highest BCUT2D eigenvalue weighted by Gasteiger charge is 2.24. The van der Waals surface area contributed by atoms with Crippen LogP contribution in [0.4, 0.5) is 5.69 Å². The van der Waals surface area contributed by atoms with Gasteiger partial charge in [0, 0.05) is 31.8 Å². The Morgan fingerprint density at radius 3 is 2.91 bits per heavy atom. The standard InChI is InChI=1S/C12H17N3O6S/c1-20-11-3-2-9(15(16)17)6-12(11)22(18,19)14-8-10-7-13-4-5-21-10/h2-3,6,10,13-14H,4-5,7-8H2,1H3. The number of methoxy groups -OCH3 is 1. The van der Waals surface area contributed by atoms with Gasteiger partial charge in [-0.15, -0.1) is 0 Å². The van der Waals surface area contributed by atoms with Crippen LogP contribution >= 0.6 is 0 Å². The molecule has 1 heterocycles. The summed E-state index contributed by atoms with van der Waals surface area (Å²) >= 11 is 0. The van der Waals surface area contributed by atoms with Gasteiger partial charge in [0.2, 0.25) is 10.0 Å². The van der Waals surface area contributed by atoms with Gasteiger partial charge in [-0.05, 0) is 6.07 Å². The third-order valence-electron chi connectivity index (χ3n) is 3.15. The Morgan fingerprint density at radius 2 is 2.32 bits per heavy atom. The quantitative estimate of drug-likeness (QED) is 0.550. The van der Waals surface area contributed by atoms with E-state index in [-0.39, 0.29) is 29.0 Å². The first-order valence-electron chi connectivity index (χ1n) is 6.58. The monoisotopic (exact) mass is 331 g/mol. The highest BCUT2D eigenvalue weighted by Crippen LogP contribution is 2.27. The molecule has 2 N–H and O–H groups in total. The molecule has 1 atom stereocenters. The lowest BCUT2D eigenvalue weighted by atomic mass is 10.3. The van der Waals surface area contributed by atoms with Crippen LogP contribution < -0.4 is 14.8 Å². The summed E-state index contributed by atoms with van der Waals surface area (Å²) in [7, 11) is -2.65. The summed E-state index contributed by atoms with van der Waals surface area (Å²) in [6.45, 7) is 1.84. The van der Waals surface area contributed by atoms with Crippen LogP contribution in [0.1, 0.15) is 0 Å². The first-order chi connectivity index (χ1) is 10.4. The second-order valence-corrected chi connectivity index (χ2v) is 6.38. The van der Waals surface area contributed by atoms with Gasteiger partial charge in [-0.3, -0.25) is 10.1 Å². The topological polar surface area (TPSA) is 120 Å². The summed E-state index contributed by atoms with van der Waals surface area (Å²) in [6, 6.07) is 3.42. The number of nitro groups is 1. The molecule has 122 valence electrons. The zero-order valence-electron chi connectivity index (χ0n) is 11.9. The number of hydrogen-bond donors (Lipinski definition) is 2. The number of morpholine rings is 1. The Bertz CT molecular complexity index is 642. The number of nitrogens with one attached hydrogen (secondary N) is 2. The van der Waals surface area contributed by atoms with Gasteiger partial charge in [0.1, 0.15) is 10.6 Å². The van der Waals surface area contributed by atoms with E-state index in [4.69, 9.17) is 9.47 Å². The molecule has 10 heteroatoms. The van der Waals surface area contributed by atoms with Crippen molar-refractivity contribution >= 4 is 15.7 Å². The molecule has 0 aliphatic carbocycles. The minimum Gasteiger partial charge on any atom is -0.495 e. The third kappa shape index (κ3) is 3.91. The number of sulfonamides is 1. The highest BCUT2D eigenvalue weighted by molar-refractivity contribution is 7.89. The van der Waals surface area contributed by atoms with Crippen molar-refractivity contribution < 1.29 is 22.8 Å². The number of rotatable bonds is 6. The lowest BCUT2D eigenvalue weighted by Gasteiger charge is -2.23. The number of ether oxygens (including phenoxy) is 2. The molecule has 1 unspecified atom stereocenters. The Hall–Kier alpha value is -1.75. The van der Waals surface area contributed by atoms with Crippen LogP contribution in [-0.4, -0.2) is 52.8 Å². The fraction of sp³-hybridized carbons (Fsp3) is 0.500. The van der Waals surface area contributed by atoms with Crippen LogP contribution in [0.3, 0.4) is 0 Å². The lowest BCUT2D eigenvalue weighted by molar-refractivity contribution is -0.385. The normalized spacial score (nSPS) is 18.9. The Kier molecular flexibility index (Phi) is 5.29. The zero-order chi connectivity index (χ0) is 16.2.